The van der Waals surface area contributed by atoms with Crippen LogP contribution in [0.3, 0.4) is 0 Å². The quantitative estimate of drug-likeness (QED) is 0.358. The Morgan fingerprint density at radius 3 is 2.55 bits per heavy atom. The van der Waals surface area contributed by atoms with Crippen LogP contribution < -0.4 is 5.32 Å². The number of rotatable bonds is 4. The van der Waals surface area contributed by atoms with Gasteiger partial charge in [-0.15, -0.1) is 9.90 Å². The number of carbonyl (C=O) groups excluding carboxylic acids is 1. The highest BCUT2D eigenvalue weighted by molar-refractivity contribution is 5.97. The number of hydrogen-bond donors (Lipinski definition) is 1. The fourth-order valence-electron chi connectivity index (χ4n) is 4.98. The van der Waals surface area contributed by atoms with Crippen molar-refractivity contribution in [3.05, 3.63) is 77.6 Å². The lowest BCUT2D eigenvalue weighted by Crippen LogP contribution is -2.25. The molecule has 0 fully saturated rings. The number of halogens is 4. The molecule has 0 saturated heterocycles. The van der Waals surface area contributed by atoms with E-state index in [1.807, 2.05) is 6.92 Å². The minimum Gasteiger partial charge on any atom is -0.324 e. The van der Waals surface area contributed by atoms with E-state index in [2.05, 4.69) is 35.7 Å². The normalized spacial score (nSPS) is 19.2. The third-order valence-electron chi connectivity index (χ3n) is 6.70. The van der Waals surface area contributed by atoms with Crippen LogP contribution in [-0.2, 0) is 23.4 Å². The molecular weight excluding hydrogens is 508 g/mol. The number of amides is 1. The third kappa shape index (κ3) is 3.69. The zero-order chi connectivity index (χ0) is 26.8. The van der Waals surface area contributed by atoms with Crippen molar-refractivity contribution in [3.63, 3.8) is 0 Å². The molecule has 15 heteroatoms. The number of carbonyl (C=O) groups is 1. The van der Waals surface area contributed by atoms with E-state index >= 15 is 0 Å². The van der Waals surface area contributed by atoms with E-state index in [1.165, 1.54) is 29.2 Å². The van der Waals surface area contributed by atoms with E-state index in [1.54, 1.807) is 24.1 Å². The minimum atomic E-state index is -4.78. The first-order valence-electron chi connectivity index (χ1n) is 11.3. The number of fused-ring (bicyclic) bond motifs is 3. The zero-order valence-corrected chi connectivity index (χ0v) is 19.8. The monoisotopic (exact) mass is 526 g/mol. The second-order valence-electron chi connectivity index (χ2n) is 9.19. The molecule has 0 aromatic carbocycles. The lowest BCUT2D eigenvalue weighted by molar-refractivity contribution is -0.137. The molecule has 194 valence electrons. The first kappa shape index (κ1) is 23.7. The Morgan fingerprint density at radius 1 is 1.11 bits per heavy atom. The standard InChI is InChI=1S/C23H18F4N10O/c1-22(12-8-32-35(2)11-12)7-14(15-10-28-18-6-17(24)34-36(18)19(15)22)21(38)33-13-5-16(23(25,26)27)20(29-9-13)37-30-3-4-31-37/h3-6,8-11,14H,7H2,1-2H3,(H,33,38). The minimum absolute atomic E-state index is 0.158. The van der Waals surface area contributed by atoms with Gasteiger partial charge in [-0.1, -0.05) is 0 Å². The van der Waals surface area contributed by atoms with Gasteiger partial charge in [0.2, 0.25) is 11.9 Å². The highest BCUT2D eigenvalue weighted by atomic mass is 19.4. The first-order chi connectivity index (χ1) is 18.0. The maximum atomic E-state index is 14.1. The molecular formula is C23H18F4N10O. The molecule has 11 nitrogen and oxygen atoms in total. The van der Waals surface area contributed by atoms with Crippen LogP contribution in [0.2, 0.25) is 0 Å². The largest absolute Gasteiger partial charge is 0.420 e. The fraction of sp³-hybridized carbons (Fsp3) is 0.261. The molecule has 2 unspecified atom stereocenters. The SMILES string of the molecule is Cn1cc(C2(C)CC(C(=O)Nc3cnc(-n4nccn4)c(C(F)(F)F)c3)c3cnc4cc(F)nn4c32)cn1. The van der Waals surface area contributed by atoms with Crippen LogP contribution in [-0.4, -0.2) is 50.3 Å². The van der Waals surface area contributed by atoms with Gasteiger partial charge in [-0.3, -0.25) is 9.48 Å². The molecule has 0 spiro atoms. The van der Waals surface area contributed by atoms with Crippen LogP contribution in [0, 0.1) is 5.95 Å². The maximum absolute atomic E-state index is 14.1. The number of aryl methyl sites for hydroxylation is 1. The van der Waals surface area contributed by atoms with Crippen molar-refractivity contribution >= 4 is 17.2 Å². The Morgan fingerprint density at radius 2 is 1.87 bits per heavy atom. The predicted octanol–water partition coefficient (Wildman–Crippen LogP) is 3.03. The highest BCUT2D eigenvalue weighted by Gasteiger charge is 2.48. The summed E-state index contributed by atoms with van der Waals surface area (Å²) in [6.07, 6.45) is 3.91. The van der Waals surface area contributed by atoms with Crippen molar-refractivity contribution in [1.82, 2.24) is 44.4 Å². The summed E-state index contributed by atoms with van der Waals surface area (Å²) in [5.74, 6) is -2.67. The van der Waals surface area contributed by atoms with E-state index in [0.29, 0.717) is 11.3 Å². The molecule has 6 rings (SSSR count). The second-order valence-corrected chi connectivity index (χ2v) is 9.19. The second kappa shape index (κ2) is 8.16. The summed E-state index contributed by atoms with van der Waals surface area (Å²) < 4.78 is 58.5. The number of nitrogens with zero attached hydrogens (tertiary/aromatic N) is 9. The maximum Gasteiger partial charge on any atom is 0.420 e. The molecule has 1 aliphatic rings. The highest BCUT2D eigenvalue weighted by Crippen LogP contribution is 2.50. The fourth-order valence-corrected chi connectivity index (χ4v) is 4.98. The van der Waals surface area contributed by atoms with E-state index < -0.39 is 40.7 Å². The zero-order valence-electron chi connectivity index (χ0n) is 19.8. The number of pyridine rings is 1. The molecule has 5 heterocycles. The number of aromatic nitrogens is 9. The molecule has 1 aliphatic carbocycles. The van der Waals surface area contributed by atoms with Gasteiger partial charge in [0, 0.05) is 42.0 Å². The van der Waals surface area contributed by atoms with Gasteiger partial charge in [-0.05, 0) is 19.4 Å². The van der Waals surface area contributed by atoms with Gasteiger partial charge in [0.25, 0.3) is 0 Å². The third-order valence-corrected chi connectivity index (χ3v) is 6.70. The lowest BCUT2D eigenvalue weighted by atomic mass is 9.80. The molecule has 0 saturated carbocycles. The Balaban J connectivity index is 1.40. The van der Waals surface area contributed by atoms with Crippen molar-refractivity contribution in [2.45, 2.75) is 30.9 Å². The van der Waals surface area contributed by atoms with Crippen molar-refractivity contribution in [1.29, 1.82) is 0 Å². The van der Waals surface area contributed by atoms with Crippen LogP contribution in [0.4, 0.5) is 23.2 Å². The molecule has 0 radical (unpaired) electrons. The first-order valence-corrected chi connectivity index (χ1v) is 11.3. The molecule has 2 atom stereocenters. The van der Waals surface area contributed by atoms with Crippen molar-refractivity contribution in [2.75, 3.05) is 5.32 Å². The van der Waals surface area contributed by atoms with Gasteiger partial charge >= 0.3 is 6.18 Å². The summed E-state index contributed by atoms with van der Waals surface area (Å²) >= 11 is 0. The molecule has 38 heavy (non-hydrogen) atoms. The van der Waals surface area contributed by atoms with E-state index in [-0.39, 0.29) is 17.8 Å². The predicted molar refractivity (Wildman–Crippen MR) is 123 cm³/mol. The van der Waals surface area contributed by atoms with E-state index in [9.17, 15) is 22.4 Å². The summed E-state index contributed by atoms with van der Waals surface area (Å²) in [5.41, 5.74) is -0.0466. The Kier molecular flexibility index (Phi) is 5.09. The summed E-state index contributed by atoms with van der Waals surface area (Å²) in [4.78, 5) is 22.4. The molecule has 5 aromatic rings. The van der Waals surface area contributed by atoms with Crippen LogP contribution in [0.5, 0.6) is 0 Å². The Labute approximate surface area is 211 Å². The van der Waals surface area contributed by atoms with Gasteiger partial charge in [-0.2, -0.15) is 32.9 Å². The van der Waals surface area contributed by atoms with Crippen LogP contribution in [0.15, 0.2) is 49.3 Å². The molecule has 1 N–H and O–H groups in total. The van der Waals surface area contributed by atoms with Crippen molar-refractivity contribution < 1.29 is 22.4 Å². The average molecular weight is 526 g/mol. The van der Waals surface area contributed by atoms with Gasteiger partial charge in [0.15, 0.2) is 11.5 Å². The average Bonchev–Trinajstić information content (AvgIpc) is 3.64. The Hall–Kier alpha value is -4.69. The van der Waals surface area contributed by atoms with Gasteiger partial charge < -0.3 is 5.32 Å². The van der Waals surface area contributed by atoms with Gasteiger partial charge in [0.1, 0.15) is 5.56 Å². The summed E-state index contributed by atoms with van der Waals surface area (Å²) in [6, 6.07) is 1.96. The van der Waals surface area contributed by atoms with Gasteiger partial charge in [0.05, 0.1) is 42.1 Å². The Bertz CT molecular complexity index is 1690. The number of hydrogen-bond acceptors (Lipinski definition) is 7. The number of anilines is 1. The van der Waals surface area contributed by atoms with Gasteiger partial charge in [-0.25, -0.2) is 14.5 Å². The summed E-state index contributed by atoms with van der Waals surface area (Å²) in [5, 5.41) is 18.2. The molecule has 0 bridgehead atoms. The molecule has 1 amide bonds. The van der Waals surface area contributed by atoms with Crippen LogP contribution in [0.1, 0.15) is 41.6 Å². The molecule has 5 aromatic heterocycles. The van der Waals surface area contributed by atoms with Crippen LogP contribution >= 0.6 is 0 Å². The van der Waals surface area contributed by atoms with E-state index in [0.717, 1.165) is 22.6 Å². The topological polar surface area (TPSA) is 121 Å². The summed E-state index contributed by atoms with van der Waals surface area (Å²) in [6.45, 7) is 1.88. The smallest absolute Gasteiger partial charge is 0.324 e. The lowest BCUT2D eigenvalue weighted by Gasteiger charge is -2.24. The van der Waals surface area contributed by atoms with Crippen LogP contribution in [0.25, 0.3) is 11.5 Å². The summed E-state index contributed by atoms with van der Waals surface area (Å²) in [7, 11) is 1.75. The molecule has 0 aliphatic heterocycles. The number of nitrogens with one attached hydrogen (secondary N) is 1. The number of alkyl halides is 3. The van der Waals surface area contributed by atoms with Crippen molar-refractivity contribution in [3.8, 4) is 5.82 Å². The van der Waals surface area contributed by atoms with E-state index in [4.69, 9.17) is 0 Å². The van der Waals surface area contributed by atoms with Crippen molar-refractivity contribution in [2.24, 2.45) is 7.05 Å².